The number of rotatable bonds is 9. The van der Waals surface area contributed by atoms with Crippen molar-refractivity contribution in [3.05, 3.63) is 51.5 Å². The van der Waals surface area contributed by atoms with Crippen LogP contribution in [0.5, 0.6) is 0 Å². The molecule has 3 rings (SSSR count). The maximum Gasteiger partial charge on any atom is 0.191 e. The van der Waals surface area contributed by atoms with Gasteiger partial charge in [0.2, 0.25) is 0 Å². The molecule has 2 N–H and O–H groups in total. The minimum Gasteiger partial charge on any atom is -0.373 e. The molecule has 2 aromatic rings. The molecule has 0 radical (unpaired) electrons. The van der Waals surface area contributed by atoms with Crippen molar-refractivity contribution in [2.75, 3.05) is 26.2 Å². The van der Waals surface area contributed by atoms with Crippen LogP contribution in [0.3, 0.4) is 0 Å². The minimum atomic E-state index is 0. The highest BCUT2D eigenvalue weighted by Gasteiger charge is 2.27. The highest BCUT2D eigenvalue weighted by Crippen LogP contribution is 2.33. The van der Waals surface area contributed by atoms with Gasteiger partial charge in [-0.15, -0.1) is 35.3 Å². The molecule has 1 fully saturated rings. The molecule has 2 heterocycles. The Balaban J connectivity index is 0.00000341. The molecule has 0 saturated carbocycles. The second-order valence-corrected chi connectivity index (χ2v) is 9.03. The summed E-state index contributed by atoms with van der Waals surface area (Å²) in [5.41, 5.74) is 3.69. The van der Waals surface area contributed by atoms with Gasteiger partial charge in [0.1, 0.15) is 0 Å². The van der Waals surface area contributed by atoms with Crippen molar-refractivity contribution in [1.82, 2.24) is 15.6 Å². The molecule has 1 aliphatic rings. The van der Waals surface area contributed by atoms with Gasteiger partial charge in [-0.1, -0.05) is 29.8 Å². The smallest absolute Gasteiger partial charge is 0.191 e. The first-order chi connectivity index (χ1) is 14.7. The van der Waals surface area contributed by atoms with Crippen LogP contribution in [0.15, 0.2) is 34.6 Å². The SMILES string of the molecule is CCNC(=NCC1CCCOC1c1ccc(C)cc1)NCCCCc1nc(C)cs1.I. The van der Waals surface area contributed by atoms with Gasteiger partial charge in [0, 0.05) is 43.2 Å². The monoisotopic (exact) mass is 556 g/mol. The Bertz CT molecular complexity index is 793. The Kier molecular flexibility index (Phi) is 11.8. The minimum absolute atomic E-state index is 0. The fraction of sp³-hybridized carbons (Fsp3) is 0.583. The van der Waals surface area contributed by atoms with Gasteiger partial charge in [0.15, 0.2) is 5.96 Å². The van der Waals surface area contributed by atoms with Crippen molar-refractivity contribution >= 4 is 41.3 Å². The van der Waals surface area contributed by atoms with E-state index < -0.39 is 0 Å². The third-order valence-electron chi connectivity index (χ3n) is 5.46. The fourth-order valence-corrected chi connectivity index (χ4v) is 4.65. The molecule has 0 spiro atoms. The number of aryl methyl sites for hydroxylation is 3. The Hall–Kier alpha value is -1.19. The number of thiazole rings is 1. The Labute approximate surface area is 208 Å². The molecule has 1 aliphatic heterocycles. The number of guanidine groups is 1. The zero-order valence-electron chi connectivity index (χ0n) is 19.0. The first-order valence-electron chi connectivity index (χ1n) is 11.3. The summed E-state index contributed by atoms with van der Waals surface area (Å²) in [6.45, 7) is 9.72. The van der Waals surface area contributed by atoms with Gasteiger partial charge in [-0.3, -0.25) is 4.99 Å². The van der Waals surface area contributed by atoms with Crippen molar-refractivity contribution in [3.8, 4) is 0 Å². The van der Waals surface area contributed by atoms with Crippen LogP contribution in [0.1, 0.15) is 60.5 Å². The van der Waals surface area contributed by atoms with E-state index in [1.54, 1.807) is 11.3 Å². The zero-order chi connectivity index (χ0) is 21.2. The summed E-state index contributed by atoms with van der Waals surface area (Å²) in [5, 5.41) is 10.2. The lowest BCUT2D eigenvalue weighted by atomic mass is 9.89. The molecule has 1 aromatic heterocycles. The number of unbranched alkanes of at least 4 members (excludes halogenated alkanes) is 1. The first-order valence-corrected chi connectivity index (χ1v) is 12.1. The third-order valence-corrected chi connectivity index (χ3v) is 6.48. The van der Waals surface area contributed by atoms with Crippen molar-refractivity contribution < 1.29 is 4.74 Å². The predicted molar refractivity (Wildman–Crippen MR) is 142 cm³/mol. The van der Waals surface area contributed by atoms with E-state index in [1.165, 1.54) is 16.1 Å². The summed E-state index contributed by atoms with van der Waals surface area (Å²) in [6.07, 6.45) is 5.74. The predicted octanol–water partition coefficient (Wildman–Crippen LogP) is 5.42. The Morgan fingerprint density at radius 1 is 1.19 bits per heavy atom. The summed E-state index contributed by atoms with van der Waals surface area (Å²) in [5.74, 6) is 1.33. The number of halogens is 1. The second-order valence-electron chi connectivity index (χ2n) is 8.09. The van der Waals surface area contributed by atoms with Crippen LogP contribution in [0, 0.1) is 19.8 Å². The van der Waals surface area contributed by atoms with E-state index in [0.29, 0.717) is 5.92 Å². The molecule has 172 valence electrons. The lowest BCUT2D eigenvalue weighted by molar-refractivity contribution is -0.0250. The summed E-state index contributed by atoms with van der Waals surface area (Å²) >= 11 is 1.77. The molecular formula is C24H37IN4OS. The lowest BCUT2D eigenvalue weighted by Crippen LogP contribution is -2.38. The number of hydrogen-bond donors (Lipinski definition) is 2. The topological polar surface area (TPSA) is 58.5 Å². The van der Waals surface area contributed by atoms with Crippen LogP contribution in [0.25, 0.3) is 0 Å². The number of aliphatic imine (C=N–C) groups is 1. The largest absolute Gasteiger partial charge is 0.373 e. The standard InChI is InChI=1S/C24H36N4OS.HI/c1-4-25-24(26-14-6-5-9-22-28-19(3)17-30-22)27-16-21-8-7-15-29-23(21)20-12-10-18(2)11-13-20;/h10-13,17,21,23H,4-9,14-16H2,1-3H3,(H2,25,26,27);1H. The summed E-state index contributed by atoms with van der Waals surface area (Å²) in [7, 11) is 0. The maximum atomic E-state index is 6.15. The summed E-state index contributed by atoms with van der Waals surface area (Å²) < 4.78 is 6.15. The molecule has 5 nitrogen and oxygen atoms in total. The maximum absolute atomic E-state index is 6.15. The Morgan fingerprint density at radius 3 is 2.71 bits per heavy atom. The van der Waals surface area contributed by atoms with Gasteiger partial charge in [-0.25, -0.2) is 4.98 Å². The van der Waals surface area contributed by atoms with E-state index in [4.69, 9.17) is 9.73 Å². The molecular weight excluding hydrogens is 519 g/mol. The van der Waals surface area contributed by atoms with Gasteiger partial charge in [-0.2, -0.15) is 0 Å². The number of aromatic nitrogens is 1. The molecule has 1 aromatic carbocycles. The van der Waals surface area contributed by atoms with E-state index in [0.717, 1.165) is 70.0 Å². The third kappa shape index (κ3) is 8.69. The molecule has 31 heavy (non-hydrogen) atoms. The second kappa shape index (κ2) is 14.1. The lowest BCUT2D eigenvalue weighted by Gasteiger charge is -2.31. The van der Waals surface area contributed by atoms with Crippen molar-refractivity contribution in [3.63, 3.8) is 0 Å². The van der Waals surface area contributed by atoms with Crippen molar-refractivity contribution in [1.29, 1.82) is 0 Å². The number of benzene rings is 1. The molecule has 0 amide bonds. The van der Waals surface area contributed by atoms with Crippen LogP contribution in [-0.2, 0) is 11.2 Å². The summed E-state index contributed by atoms with van der Waals surface area (Å²) in [4.78, 5) is 9.43. The van der Waals surface area contributed by atoms with Gasteiger partial charge in [-0.05, 0) is 58.4 Å². The molecule has 7 heteroatoms. The van der Waals surface area contributed by atoms with Crippen LogP contribution >= 0.6 is 35.3 Å². The fourth-order valence-electron chi connectivity index (χ4n) is 3.83. The van der Waals surface area contributed by atoms with E-state index in [2.05, 4.69) is 66.0 Å². The average Bonchev–Trinajstić information content (AvgIpc) is 3.17. The number of nitrogens with zero attached hydrogens (tertiary/aromatic N) is 2. The van der Waals surface area contributed by atoms with E-state index in [9.17, 15) is 0 Å². The van der Waals surface area contributed by atoms with Crippen LogP contribution in [0.4, 0.5) is 0 Å². The quantitative estimate of drug-likeness (QED) is 0.187. The van der Waals surface area contributed by atoms with Gasteiger partial charge in [0.05, 0.1) is 11.1 Å². The van der Waals surface area contributed by atoms with Gasteiger partial charge in [0.25, 0.3) is 0 Å². The van der Waals surface area contributed by atoms with Crippen molar-refractivity contribution in [2.24, 2.45) is 10.9 Å². The van der Waals surface area contributed by atoms with Crippen molar-refractivity contribution in [2.45, 2.75) is 59.0 Å². The molecule has 0 bridgehead atoms. The van der Waals surface area contributed by atoms with E-state index in [1.807, 2.05) is 0 Å². The first kappa shape index (κ1) is 26.1. The number of nitrogens with one attached hydrogen (secondary N) is 2. The van der Waals surface area contributed by atoms with Gasteiger partial charge >= 0.3 is 0 Å². The Morgan fingerprint density at radius 2 is 2.00 bits per heavy atom. The van der Waals surface area contributed by atoms with E-state index in [-0.39, 0.29) is 30.1 Å². The molecule has 0 aliphatic carbocycles. The number of hydrogen-bond acceptors (Lipinski definition) is 4. The van der Waals surface area contributed by atoms with Gasteiger partial charge < -0.3 is 15.4 Å². The molecule has 2 unspecified atom stereocenters. The highest BCUT2D eigenvalue weighted by molar-refractivity contribution is 14.0. The van der Waals surface area contributed by atoms with E-state index >= 15 is 0 Å². The van der Waals surface area contributed by atoms with Crippen LogP contribution in [0.2, 0.25) is 0 Å². The summed E-state index contributed by atoms with van der Waals surface area (Å²) in [6, 6.07) is 8.75. The number of ether oxygens (including phenoxy) is 1. The normalized spacial score (nSPS) is 19.0. The molecule has 1 saturated heterocycles. The van der Waals surface area contributed by atoms with Crippen LogP contribution in [-0.4, -0.2) is 37.2 Å². The highest BCUT2D eigenvalue weighted by atomic mass is 127. The average molecular weight is 557 g/mol. The zero-order valence-corrected chi connectivity index (χ0v) is 22.2. The van der Waals surface area contributed by atoms with Crippen LogP contribution < -0.4 is 10.6 Å². The molecule has 2 atom stereocenters.